The van der Waals surface area contributed by atoms with Crippen molar-refractivity contribution >= 4 is 11.8 Å². The maximum atomic E-state index is 3.88. The van der Waals surface area contributed by atoms with Crippen LogP contribution < -0.4 is 5.32 Å². The fraction of sp³-hybridized carbons (Fsp3) is 0.667. The summed E-state index contributed by atoms with van der Waals surface area (Å²) in [6.07, 6.45) is 9.27. The monoisotopic (exact) mass is 291 g/mol. The number of thioether (sulfide) groups is 1. The second-order valence-electron chi connectivity index (χ2n) is 6.46. The van der Waals surface area contributed by atoms with Crippen molar-refractivity contribution in [1.82, 2.24) is 5.32 Å². The van der Waals surface area contributed by atoms with E-state index in [1.165, 1.54) is 37.7 Å². The fourth-order valence-electron chi connectivity index (χ4n) is 3.34. The van der Waals surface area contributed by atoms with Crippen LogP contribution in [0.25, 0.3) is 0 Å². The molecule has 0 aliphatic heterocycles. The van der Waals surface area contributed by atoms with Crippen molar-refractivity contribution in [2.75, 3.05) is 12.8 Å². The van der Waals surface area contributed by atoms with Gasteiger partial charge in [-0.3, -0.25) is 0 Å². The van der Waals surface area contributed by atoms with Crippen LogP contribution in [0.1, 0.15) is 57.6 Å². The Bertz CT molecular complexity index is 382. The van der Waals surface area contributed by atoms with Gasteiger partial charge in [-0.15, -0.1) is 0 Å². The molecule has 1 unspecified atom stereocenters. The van der Waals surface area contributed by atoms with Crippen LogP contribution in [0.5, 0.6) is 0 Å². The molecule has 1 aliphatic rings. The van der Waals surface area contributed by atoms with Crippen LogP contribution in [0.4, 0.5) is 0 Å². The quantitative estimate of drug-likeness (QED) is 0.788. The van der Waals surface area contributed by atoms with Gasteiger partial charge < -0.3 is 5.32 Å². The first-order valence-corrected chi connectivity index (χ1v) is 9.23. The van der Waals surface area contributed by atoms with E-state index < -0.39 is 0 Å². The topological polar surface area (TPSA) is 12.0 Å². The van der Waals surface area contributed by atoms with Gasteiger partial charge in [0.25, 0.3) is 0 Å². The Balaban J connectivity index is 2.02. The van der Waals surface area contributed by atoms with Crippen LogP contribution in [0.3, 0.4) is 0 Å². The standard InChI is InChI=1S/C18H29NS/c1-15(2)17(16-10-6-4-7-11-16)19-14-18(20-3)12-8-5-9-13-18/h4,6-7,10-11,15,17,19H,5,8-9,12-14H2,1-3H3. The summed E-state index contributed by atoms with van der Waals surface area (Å²) in [5.74, 6) is 0.625. The first-order valence-electron chi connectivity index (χ1n) is 8.00. The number of benzene rings is 1. The van der Waals surface area contributed by atoms with Gasteiger partial charge >= 0.3 is 0 Å². The Morgan fingerprint density at radius 3 is 2.30 bits per heavy atom. The molecule has 1 nitrogen and oxygen atoms in total. The zero-order chi connectivity index (χ0) is 14.4. The Hall–Kier alpha value is -0.470. The summed E-state index contributed by atoms with van der Waals surface area (Å²) >= 11 is 2.08. The lowest BCUT2D eigenvalue weighted by Crippen LogP contribution is -2.41. The van der Waals surface area contributed by atoms with E-state index in [9.17, 15) is 0 Å². The predicted molar refractivity (Wildman–Crippen MR) is 91.4 cm³/mol. The van der Waals surface area contributed by atoms with Gasteiger partial charge in [-0.1, -0.05) is 63.4 Å². The molecular formula is C18H29NS. The van der Waals surface area contributed by atoms with Gasteiger partial charge in [0, 0.05) is 17.3 Å². The Kier molecular flexibility index (Phi) is 5.98. The molecule has 20 heavy (non-hydrogen) atoms. The van der Waals surface area contributed by atoms with Crippen molar-refractivity contribution < 1.29 is 0 Å². The van der Waals surface area contributed by atoms with Crippen molar-refractivity contribution in [3.8, 4) is 0 Å². The van der Waals surface area contributed by atoms with E-state index in [1.807, 2.05) is 0 Å². The Morgan fingerprint density at radius 1 is 1.10 bits per heavy atom. The average Bonchev–Trinajstić information content (AvgIpc) is 2.49. The molecular weight excluding hydrogens is 262 g/mol. The minimum Gasteiger partial charge on any atom is -0.308 e. The number of hydrogen-bond donors (Lipinski definition) is 1. The average molecular weight is 292 g/mol. The van der Waals surface area contributed by atoms with E-state index in [4.69, 9.17) is 0 Å². The molecule has 0 saturated heterocycles. The highest BCUT2D eigenvalue weighted by atomic mass is 32.2. The van der Waals surface area contributed by atoms with Crippen molar-refractivity contribution in [3.05, 3.63) is 35.9 Å². The molecule has 1 aliphatic carbocycles. The first-order chi connectivity index (χ1) is 9.67. The van der Waals surface area contributed by atoms with Crippen LogP contribution in [-0.4, -0.2) is 17.5 Å². The van der Waals surface area contributed by atoms with Crippen molar-refractivity contribution in [2.24, 2.45) is 5.92 Å². The highest BCUT2D eigenvalue weighted by Crippen LogP contribution is 2.38. The third-order valence-corrected chi connectivity index (χ3v) is 6.09. The molecule has 1 aromatic carbocycles. The zero-order valence-electron chi connectivity index (χ0n) is 13.2. The Morgan fingerprint density at radius 2 is 1.75 bits per heavy atom. The van der Waals surface area contributed by atoms with Crippen LogP contribution in [0.2, 0.25) is 0 Å². The van der Waals surface area contributed by atoms with E-state index in [2.05, 4.69) is 67.5 Å². The van der Waals surface area contributed by atoms with Crippen LogP contribution in [0, 0.1) is 5.92 Å². The summed E-state index contributed by atoms with van der Waals surface area (Å²) in [6.45, 7) is 5.78. The van der Waals surface area contributed by atoms with Gasteiger partial charge in [-0.25, -0.2) is 0 Å². The second kappa shape index (κ2) is 7.51. The molecule has 1 aromatic rings. The molecule has 1 atom stereocenters. The molecule has 1 saturated carbocycles. The van der Waals surface area contributed by atoms with Gasteiger partial charge in [-0.05, 0) is 30.6 Å². The van der Waals surface area contributed by atoms with Crippen LogP contribution in [-0.2, 0) is 0 Å². The molecule has 2 heteroatoms. The highest BCUT2D eigenvalue weighted by molar-refractivity contribution is 8.00. The lowest BCUT2D eigenvalue weighted by molar-refractivity contribution is 0.335. The molecule has 0 amide bonds. The second-order valence-corrected chi connectivity index (χ2v) is 7.74. The maximum absolute atomic E-state index is 3.88. The maximum Gasteiger partial charge on any atom is 0.0343 e. The molecule has 0 bridgehead atoms. The molecule has 0 heterocycles. The van der Waals surface area contributed by atoms with E-state index in [0.29, 0.717) is 16.7 Å². The van der Waals surface area contributed by atoms with Crippen LogP contribution >= 0.6 is 11.8 Å². The van der Waals surface area contributed by atoms with E-state index in [0.717, 1.165) is 6.54 Å². The summed E-state index contributed by atoms with van der Waals surface area (Å²) in [4.78, 5) is 0. The van der Waals surface area contributed by atoms with Gasteiger partial charge in [-0.2, -0.15) is 11.8 Å². The minimum atomic E-state index is 0.472. The van der Waals surface area contributed by atoms with Gasteiger partial charge in [0.15, 0.2) is 0 Å². The summed E-state index contributed by atoms with van der Waals surface area (Å²) < 4.78 is 0.472. The van der Waals surface area contributed by atoms with Crippen molar-refractivity contribution in [2.45, 2.75) is 56.7 Å². The molecule has 1 fully saturated rings. The molecule has 0 spiro atoms. The van der Waals surface area contributed by atoms with E-state index >= 15 is 0 Å². The zero-order valence-corrected chi connectivity index (χ0v) is 14.0. The molecule has 0 aromatic heterocycles. The number of nitrogens with one attached hydrogen (secondary N) is 1. The lowest BCUT2D eigenvalue weighted by atomic mass is 9.87. The third-order valence-electron chi connectivity index (χ3n) is 4.67. The summed E-state index contributed by atoms with van der Waals surface area (Å²) in [5, 5.41) is 3.88. The smallest absolute Gasteiger partial charge is 0.0343 e. The van der Waals surface area contributed by atoms with Gasteiger partial charge in [0.2, 0.25) is 0 Å². The first kappa shape index (κ1) is 15.9. The summed E-state index contributed by atoms with van der Waals surface area (Å²) in [7, 11) is 0. The molecule has 2 rings (SSSR count). The normalized spacial score (nSPS) is 20.0. The summed E-state index contributed by atoms with van der Waals surface area (Å²) in [5.41, 5.74) is 1.43. The predicted octanol–water partition coefficient (Wildman–Crippen LogP) is 5.04. The lowest BCUT2D eigenvalue weighted by Gasteiger charge is -2.38. The number of hydrogen-bond acceptors (Lipinski definition) is 2. The van der Waals surface area contributed by atoms with Crippen LogP contribution in [0.15, 0.2) is 30.3 Å². The van der Waals surface area contributed by atoms with E-state index in [-0.39, 0.29) is 0 Å². The highest BCUT2D eigenvalue weighted by Gasteiger charge is 2.32. The fourth-order valence-corrected chi connectivity index (χ4v) is 4.27. The number of rotatable bonds is 6. The third kappa shape index (κ3) is 4.02. The molecule has 1 N–H and O–H groups in total. The van der Waals surface area contributed by atoms with Crippen molar-refractivity contribution in [1.29, 1.82) is 0 Å². The van der Waals surface area contributed by atoms with Gasteiger partial charge in [0.1, 0.15) is 0 Å². The van der Waals surface area contributed by atoms with E-state index in [1.54, 1.807) is 0 Å². The molecule has 0 radical (unpaired) electrons. The van der Waals surface area contributed by atoms with Crippen molar-refractivity contribution in [3.63, 3.8) is 0 Å². The summed E-state index contributed by atoms with van der Waals surface area (Å²) in [6, 6.07) is 11.4. The minimum absolute atomic E-state index is 0.472. The largest absolute Gasteiger partial charge is 0.308 e. The van der Waals surface area contributed by atoms with Gasteiger partial charge in [0.05, 0.1) is 0 Å². The SMILES string of the molecule is CSC1(CNC(c2ccccc2)C(C)C)CCCCC1. The molecule has 112 valence electrons. The Labute approximate surface area is 128 Å².